The molecule has 1 saturated heterocycles. The molecule has 116 valence electrons. The smallest absolute Gasteiger partial charge is 0.304 e. The third-order valence-electron chi connectivity index (χ3n) is 3.57. The van der Waals surface area contributed by atoms with Crippen molar-refractivity contribution in [2.75, 3.05) is 36.8 Å². The molecule has 1 N–H and O–H groups in total. The van der Waals surface area contributed by atoms with Gasteiger partial charge in [-0.1, -0.05) is 12.1 Å². The van der Waals surface area contributed by atoms with Gasteiger partial charge in [-0.05, 0) is 24.6 Å². The van der Waals surface area contributed by atoms with Crippen molar-refractivity contribution >= 4 is 21.7 Å². The highest BCUT2D eigenvalue weighted by Gasteiger charge is 2.27. The van der Waals surface area contributed by atoms with E-state index in [1.165, 1.54) is 9.87 Å². The minimum atomic E-state index is -3.47. The molecule has 0 aromatic heterocycles. The number of carboxylic acids is 1. The van der Waals surface area contributed by atoms with Crippen molar-refractivity contribution in [1.29, 1.82) is 0 Å². The summed E-state index contributed by atoms with van der Waals surface area (Å²) in [7, 11) is -3.47. The van der Waals surface area contributed by atoms with Crippen molar-refractivity contribution in [3.05, 3.63) is 29.8 Å². The number of hydrogen-bond donors (Lipinski definition) is 1. The molecule has 0 aliphatic carbocycles. The van der Waals surface area contributed by atoms with E-state index < -0.39 is 16.0 Å². The summed E-state index contributed by atoms with van der Waals surface area (Å²) in [4.78, 5) is 12.7. The van der Waals surface area contributed by atoms with Gasteiger partial charge in [0.05, 0.1) is 12.2 Å². The predicted molar refractivity (Wildman–Crippen MR) is 81.0 cm³/mol. The lowest BCUT2D eigenvalue weighted by Crippen LogP contribution is -2.49. The van der Waals surface area contributed by atoms with E-state index in [2.05, 4.69) is 11.0 Å². The number of benzene rings is 1. The molecule has 0 radical (unpaired) electrons. The van der Waals surface area contributed by atoms with Crippen LogP contribution in [0.5, 0.6) is 0 Å². The van der Waals surface area contributed by atoms with Gasteiger partial charge in [0.25, 0.3) is 0 Å². The summed E-state index contributed by atoms with van der Waals surface area (Å²) in [5, 5.41) is 8.60. The van der Waals surface area contributed by atoms with Gasteiger partial charge in [0.15, 0.2) is 0 Å². The maximum absolute atomic E-state index is 12.0. The molecule has 7 heteroatoms. The highest BCUT2D eigenvalue weighted by atomic mass is 32.2. The van der Waals surface area contributed by atoms with Crippen LogP contribution in [-0.4, -0.2) is 55.7 Å². The lowest BCUT2D eigenvalue weighted by atomic mass is 10.2. The number of carboxylic acid groups (broad SMARTS) is 1. The molecule has 0 bridgehead atoms. The second-order valence-corrected chi connectivity index (χ2v) is 7.27. The number of piperazine rings is 1. The zero-order chi connectivity index (χ0) is 15.5. The minimum Gasteiger partial charge on any atom is -0.481 e. The van der Waals surface area contributed by atoms with Gasteiger partial charge in [-0.2, -0.15) is 4.31 Å². The topological polar surface area (TPSA) is 77.9 Å². The molecule has 6 nitrogen and oxygen atoms in total. The van der Waals surface area contributed by atoms with Crippen molar-refractivity contribution in [2.45, 2.75) is 13.3 Å². The van der Waals surface area contributed by atoms with E-state index in [1.54, 1.807) is 0 Å². The van der Waals surface area contributed by atoms with Gasteiger partial charge >= 0.3 is 5.97 Å². The van der Waals surface area contributed by atoms with Crippen LogP contribution in [0, 0.1) is 6.92 Å². The van der Waals surface area contributed by atoms with Crippen molar-refractivity contribution in [3.63, 3.8) is 0 Å². The van der Waals surface area contributed by atoms with Crippen LogP contribution in [0.15, 0.2) is 24.3 Å². The van der Waals surface area contributed by atoms with Crippen molar-refractivity contribution in [3.8, 4) is 0 Å². The molecule has 1 aromatic carbocycles. The molecular formula is C14H20N2O4S. The highest BCUT2D eigenvalue weighted by molar-refractivity contribution is 7.89. The lowest BCUT2D eigenvalue weighted by molar-refractivity contribution is -0.136. The highest BCUT2D eigenvalue weighted by Crippen LogP contribution is 2.19. The molecule has 1 fully saturated rings. The first kappa shape index (κ1) is 15.8. The molecule has 0 spiro atoms. The van der Waals surface area contributed by atoms with Crippen molar-refractivity contribution < 1.29 is 18.3 Å². The van der Waals surface area contributed by atoms with Gasteiger partial charge in [0.2, 0.25) is 10.0 Å². The number of sulfonamides is 1. The van der Waals surface area contributed by atoms with Gasteiger partial charge in [-0.3, -0.25) is 4.79 Å². The largest absolute Gasteiger partial charge is 0.481 e. The number of rotatable bonds is 5. The fraction of sp³-hybridized carbons (Fsp3) is 0.500. The van der Waals surface area contributed by atoms with Gasteiger partial charge in [0.1, 0.15) is 0 Å². The van der Waals surface area contributed by atoms with Gasteiger partial charge in [-0.15, -0.1) is 0 Å². The Morgan fingerprint density at radius 2 is 1.90 bits per heavy atom. The number of nitrogens with zero attached hydrogens (tertiary/aromatic N) is 2. The Bertz CT molecular complexity index is 607. The third-order valence-corrected chi connectivity index (χ3v) is 5.44. The van der Waals surface area contributed by atoms with Gasteiger partial charge < -0.3 is 10.0 Å². The van der Waals surface area contributed by atoms with Gasteiger partial charge in [0, 0.05) is 31.9 Å². The first-order valence-corrected chi connectivity index (χ1v) is 8.50. The summed E-state index contributed by atoms with van der Waals surface area (Å²) >= 11 is 0. The third kappa shape index (κ3) is 4.18. The fourth-order valence-electron chi connectivity index (χ4n) is 2.39. The Kier molecular flexibility index (Phi) is 4.84. The molecule has 0 amide bonds. The SMILES string of the molecule is Cc1cccc(N2CCN(S(=O)(=O)CCC(=O)O)CC2)c1. The summed E-state index contributed by atoms with van der Waals surface area (Å²) in [6.07, 6.45) is -0.347. The number of anilines is 1. The molecule has 21 heavy (non-hydrogen) atoms. The first-order chi connectivity index (χ1) is 9.88. The van der Waals surface area contributed by atoms with Crippen molar-refractivity contribution in [1.82, 2.24) is 4.31 Å². The van der Waals surface area contributed by atoms with E-state index in [1.807, 2.05) is 25.1 Å². The van der Waals surface area contributed by atoms with E-state index in [-0.39, 0.29) is 12.2 Å². The van der Waals surface area contributed by atoms with Crippen LogP contribution in [0.2, 0.25) is 0 Å². The minimum absolute atomic E-state index is 0.327. The van der Waals surface area contributed by atoms with Crippen LogP contribution < -0.4 is 4.90 Å². The second kappa shape index (κ2) is 6.44. The molecule has 1 aliphatic heterocycles. The quantitative estimate of drug-likeness (QED) is 0.875. The van der Waals surface area contributed by atoms with Crippen LogP contribution in [0.1, 0.15) is 12.0 Å². The summed E-state index contributed by atoms with van der Waals surface area (Å²) < 4.78 is 25.5. The zero-order valence-electron chi connectivity index (χ0n) is 12.0. The Hall–Kier alpha value is -1.60. The molecule has 1 aliphatic rings. The molecule has 1 aromatic rings. The molecule has 1 heterocycles. The first-order valence-electron chi connectivity index (χ1n) is 6.90. The number of aliphatic carboxylic acids is 1. The van der Waals surface area contributed by atoms with Gasteiger partial charge in [-0.25, -0.2) is 8.42 Å². The maximum Gasteiger partial charge on any atom is 0.304 e. The van der Waals surface area contributed by atoms with Crippen molar-refractivity contribution in [2.24, 2.45) is 0 Å². The zero-order valence-corrected chi connectivity index (χ0v) is 12.8. The second-order valence-electron chi connectivity index (χ2n) is 5.18. The monoisotopic (exact) mass is 312 g/mol. The van der Waals surface area contributed by atoms with Crippen LogP contribution in [-0.2, 0) is 14.8 Å². The lowest BCUT2D eigenvalue weighted by Gasteiger charge is -2.35. The molecule has 0 saturated carbocycles. The van der Waals surface area contributed by atoms with Crippen LogP contribution in [0.4, 0.5) is 5.69 Å². The summed E-state index contributed by atoms with van der Waals surface area (Å²) in [6.45, 7) is 4.06. The predicted octanol–water partition coefficient (Wildman–Crippen LogP) is 0.922. The Labute approximate surface area is 125 Å². The molecule has 2 rings (SSSR count). The number of aryl methyl sites for hydroxylation is 1. The Morgan fingerprint density at radius 3 is 2.48 bits per heavy atom. The van der Waals surface area contributed by atoms with Crippen LogP contribution in [0.3, 0.4) is 0 Å². The number of carbonyl (C=O) groups is 1. The summed E-state index contributed by atoms with van der Waals surface area (Å²) in [6, 6.07) is 8.10. The maximum atomic E-state index is 12.0. The average Bonchev–Trinajstić information content (AvgIpc) is 2.45. The van der Waals surface area contributed by atoms with Crippen LogP contribution in [0.25, 0.3) is 0 Å². The summed E-state index contributed by atoms with van der Waals surface area (Å²) in [5.41, 5.74) is 2.27. The van der Waals surface area contributed by atoms with E-state index >= 15 is 0 Å². The Balaban J connectivity index is 1.95. The average molecular weight is 312 g/mol. The van der Waals surface area contributed by atoms with E-state index in [9.17, 15) is 13.2 Å². The molecular weight excluding hydrogens is 292 g/mol. The van der Waals surface area contributed by atoms with Crippen LogP contribution >= 0.6 is 0 Å². The normalized spacial score (nSPS) is 16.9. The number of hydrogen-bond acceptors (Lipinski definition) is 4. The molecule has 0 atom stereocenters. The Morgan fingerprint density at radius 1 is 1.24 bits per heavy atom. The van der Waals surface area contributed by atoms with E-state index in [0.717, 1.165) is 5.69 Å². The van der Waals surface area contributed by atoms with E-state index in [4.69, 9.17) is 5.11 Å². The standard InChI is InChI=1S/C14H20N2O4S/c1-12-3-2-4-13(11-12)15-6-8-16(9-7-15)21(19,20)10-5-14(17)18/h2-4,11H,5-10H2,1H3,(H,17,18). The summed E-state index contributed by atoms with van der Waals surface area (Å²) in [5.74, 6) is -1.41. The molecule has 0 unspecified atom stereocenters. The van der Waals surface area contributed by atoms with E-state index in [0.29, 0.717) is 26.2 Å². The fourth-order valence-corrected chi connectivity index (χ4v) is 3.80.